The van der Waals surface area contributed by atoms with Gasteiger partial charge in [-0.1, -0.05) is 12.1 Å². The number of thiazole rings is 1. The number of carbonyl (C=O) groups excluding carboxylic acids is 1. The number of hydrogen-bond acceptors (Lipinski definition) is 7. The van der Waals surface area contributed by atoms with Gasteiger partial charge in [0.1, 0.15) is 11.8 Å². The first-order valence-electron chi connectivity index (χ1n) is 7.93. The molecule has 1 unspecified atom stereocenters. The van der Waals surface area contributed by atoms with E-state index < -0.39 is 0 Å². The van der Waals surface area contributed by atoms with Gasteiger partial charge in [-0.05, 0) is 25.7 Å². The molecule has 2 aromatic heterocycles. The SMILES string of the molecule is CCCc1nc(C(=O)NCCc2noc(C3CCCO3)n2)cs1. The minimum Gasteiger partial charge on any atom is -0.368 e. The fourth-order valence-corrected chi connectivity index (χ4v) is 3.27. The molecular weight excluding hydrogens is 316 g/mol. The normalized spacial score (nSPS) is 17.5. The summed E-state index contributed by atoms with van der Waals surface area (Å²) in [5.74, 6) is 0.958. The average molecular weight is 336 g/mol. The highest BCUT2D eigenvalue weighted by molar-refractivity contribution is 7.09. The summed E-state index contributed by atoms with van der Waals surface area (Å²) in [4.78, 5) is 20.7. The Bertz CT molecular complexity index is 649. The summed E-state index contributed by atoms with van der Waals surface area (Å²) < 4.78 is 10.7. The van der Waals surface area contributed by atoms with E-state index in [2.05, 4.69) is 27.4 Å². The second-order valence-electron chi connectivity index (χ2n) is 5.43. The van der Waals surface area contributed by atoms with Crippen molar-refractivity contribution in [2.75, 3.05) is 13.2 Å². The third-order valence-corrected chi connectivity index (χ3v) is 4.48. The number of rotatable bonds is 7. The predicted molar refractivity (Wildman–Crippen MR) is 84.4 cm³/mol. The van der Waals surface area contributed by atoms with Gasteiger partial charge >= 0.3 is 0 Å². The minimum absolute atomic E-state index is 0.0714. The van der Waals surface area contributed by atoms with Crippen LogP contribution in [0.15, 0.2) is 9.90 Å². The number of amides is 1. The third-order valence-electron chi connectivity index (χ3n) is 3.57. The molecule has 1 saturated heterocycles. The van der Waals surface area contributed by atoms with Gasteiger partial charge in [0.15, 0.2) is 5.82 Å². The van der Waals surface area contributed by atoms with Crippen LogP contribution in [-0.2, 0) is 17.6 Å². The molecule has 1 fully saturated rings. The van der Waals surface area contributed by atoms with E-state index in [9.17, 15) is 4.79 Å². The lowest BCUT2D eigenvalue weighted by Crippen LogP contribution is -2.26. The fourth-order valence-electron chi connectivity index (χ4n) is 2.39. The summed E-state index contributed by atoms with van der Waals surface area (Å²) >= 11 is 1.52. The first-order chi connectivity index (χ1) is 11.3. The zero-order valence-corrected chi connectivity index (χ0v) is 13.9. The molecule has 0 spiro atoms. The second kappa shape index (κ2) is 7.65. The monoisotopic (exact) mass is 336 g/mol. The number of ether oxygens (including phenoxy) is 1. The molecule has 3 heterocycles. The molecular formula is C15H20N4O3S. The number of hydrogen-bond donors (Lipinski definition) is 1. The van der Waals surface area contributed by atoms with Crippen LogP contribution >= 0.6 is 11.3 Å². The van der Waals surface area contributed by atoms with Crippen LogP contribution in [0.2, 0.25) is 0 Å². The maximum Gasteiger partial charge on any atom is 0.270 e. The van der Waals surface area contributed by atoms with E-state index in [-0.39, 0.29) is 12.0 Å². The first-order valence-corrected chi connectivity index (χ1v) is 8.81. The van der Waals surface area contributed by atoms with Gasteiger partial charge in [-0.25, -0.2) is 4.98 Å². The van der Waals surface area contributed by atoms with E-state index in [0.29, 0.717) is 30.4 Å². The quantitative estimate of drug-likeness (QED) is 0.834. The van der Waals surface area contributed by atoms with Crippen molar-refractivity contribution in [3.05, 3.63) is 27.8 Å². The van der Waals surface area contributed by atoms with Crippen LogP contribution in [0.25, 0.3) is 0 Å². The van der Waals surface area contributed by atoms with Crippen molar-refractivity contribution in [2.24, 2.45) is 0 Å². The van der Waals surface area contributed by atoms with Crippen LogP contribution < -0.4 is 5.32 Å². The topological polar surface area (TPSA) is 90.1 Å². The van der Waals surface area contributed by atoms with Crippen molar-refractivity contribution in [3.8, 4) is 0 Å². The highest BCUT2D eigenvalue weighted by Crippen LogP contribution is 2.26. The molecule has 0 bridgehead atoms. The molecule has 1 amide bonds. The van der Waals surface area contributed by atoms with E-state index in [1.54, 1.807) is 5.38 Å². The summed E-state index contributed by atoms with van der Waals surface area (Å²) in [5, 5.41) is 9.55. The number of nitrogens with zero attached hydrogens (tertiary/aromatic N) is 3. The van der Waals surface area contributed by atoms with Gasteiger partial charge < -0.3 is 14.6 Å². The van der Waals surface area contributed by atoms with Crippen LogP contribution in [0, 0.1) is 0 Å². The minimum atomic E-state index is -0.161. The van der Waals surface area contributed by atoms with Crippen molar-refractivity contribution in [2.45, 2.75) is 45.1 Å². The Hall–Kier alpha value is -1.80. The summed E-state index contributed by atoms with van der Waals surface area (Å²) in [6.07, 6.45) is 4.33. The maximum absolute atomic E-state index is 12.0. The van der Waals surface area contributed by atoms with Crippen LogP contribution in [0.1, 0.15) is 59.5 Å². The van der Waals surface area contributed by atoms with Crippen LogP contribution in [0.4, 0.5) is 0 Å². The molecule has 0 radical (unpaired) electrons. The van der Waals surface area contributed by atoms with Crippen LogP contribution in [0.3, 0.4) is 0 Å². The highest BCUT2D eigenvalue weighted by atomic mass is 32.1. The van der Waals surface area contributed by atoms with E-state index in [4.69, 9.17) is 9.26 Å². The van der Waals surface area contributed by atoms with Crippen LogP contribution in [-0.4, -0.2) is 34.2 Å². The van der Waals surface area contributed by atoms with Gasteiger partial charge in [0.25, 0.3) is 11.8 Å². The van der Waals surface area contributed by atoms with Gasteiger partial charge in [0, 0.05) is 25.0 Å². The lowest BCUT2D eigenvalue weighted by Gasteiger charge is -2.01. The van der Waals surface area contributed by atoms with E-state index in [1.165, 1.54) is 11.3 Å². The Morgan fingerprint density at radius 3 is 3.13 bits per heavy atom. The Kier molecular flexibility index (Phi) is 5.35. The summed E-state index contributed by atoms with van der Waals surface area (Å²) in [6, 6.07) is 0. The molecule has 1 atom stereocenters. The number of aromatic nitrogens is 3. The molecule has 7 nitrogen and oxygen atoms in total. The molecule has 0 aromatic carbocycles. The molecule has 1 N–H and O–H groups in total. The zero-order valence-electron chi connectivity index (χ0n) is 13.1. The number of nitrogens with one attached hydrogen (secondary N) is 1. The molecule has 8 heteroatoms. The summed E-state index contributed by atoms with van der Waals surface area (Å²) in [6.45, 7) is 3.28. The molecule has 0 aliphatic carbocycles. The molecule has 23 heavy (non-hydrogen) atoms. The first kappa shape index (κ1) is 16.1. The Balaban J connectivity index is 1.46. The largest absolute Gasteiger partial charge is 0.368 e. The molecule has 0 saturated carbocycles. The molecule has 3 rings (SSSR count). The van der Waals surface area contributed by atoms with E-state index >= 15 is 0 Å². The van der Waals surface area contributed by atoms with Crippen LogP contribution in [0.5, 0.6) is 0 Å². The Morgan fingerprint density at radius 2 is 2.35 bits per heavy atom. The Morgan fingerprint density at radius 1 is 1.43 bits per heavy atom. The average Bonchev–Trinajstić information content (AvgIpc) is 3.28. The number of carbonyl (C=O) groups is 1. The lowest BCUT2D eigenvalue weighted by atomic mass is 10.2. The van der Waals surface area contributed by atoms with Crippen molar-refractivity contribution < 1.29 is 14.1 Å². The summed E-state index contributed by atoms with van der Waals surface area (Å²) in [5.41, 5.74) is 0.478. The summed E-state index contributed by atoms with van der Waals surface area (Å²) in [7, 11) is 0. The smallest absolute Gasteiger partial charge is 0.270 e. The zero-order chi connectivity index (χ0) is 16.1. The Labute approximate surface area is 138 Å². The van der Waals surface area contributed by atoms with Crippen molar-refractivity contribution in [3.63, 3.8) is 0 Å². The third kappa shape index (κ3) is 4.14. The standard InChI is InChI=1S/C15H20N4O3S/c1-2-4-13-17-10(9-23-13)14(20)16-7-6-12-18-15(22-19-12)11-5-3-8-21-11/h9,11H,2-8H2,1H3,(H,16,20). The van der Waals surface area contributed by atoms with Crippen molar-refractivity contribution >= 4 is 17.2 Å². The number of aryl methyl sites for hydroxylation is 1. The molecule has 124 valence electrons. The lowest BCUT2D eigenvalue weighted by molar-refractivity contribution is 0.0835. The maximum atomic E-state index is 12.0. The molecule has 2 aromatic rings. The van der Waals surface area contributed by atoms with E-state index in [0.717, 1.165) is 37.3 Å². The predicted octanol–water partition coefficient (Wildman–Crippen LogP) is 2.30. The highest BCUT2D eigenvalue weighted by Gasteiger charge is 2.23. The molecule has 1 aliphatic rings. The van der Waals surface area contributed by atoms with Gasteiger partial charge in [-0.3, -0.25) is 4.79 Å². The van der Waals surface area contributed by atoms with E-state index in [1.807, 2.05) is 0 Å². The van der Waals surface area contributed by atoms with Gasteiger partial charge in [-0.2, -0.15) is 4.98 Å². The fraction of sp³-hybridized carbons (Fsp3) is 0.600. The van der Waals surface area contributed by atoms with Gasteiger partial charge in [-0.15, -0.1) is 11.3 Å². The van der Waals surface area contributed by atoms with Gasteiger partial charge in [0.2, 0.25) is 0 Å². The van der Waals surface area contributed by atoms with Crippen molar-refractivity contribution in [1.29, 1.82) is 0 Å². The van der Waals surface area contributed by atoms with Crippen molar-refractivity contribution in [1.82, 2.24) is 20.4 Å². The second-order valence-corrected chi connectivity index (χ2v) is 6.38. The molecule has 1 aliphatic heterocycles. The van der Waals surface area contributed by atoms with Gasteiger partial charge in [0.05, 0.1) is 5.01 Å².